The van der Waals surface area contributed by atoms with E-state index in [1.165, 1.54) is 0 Å². The van der Waals surface area contributed by atoms with Gasteiger partial charge in [-0.25, -0.2) is 0 Å². The van der Waals surface area contributed by atoms with E-state index in [0.29, 0.717) is 24.4 Å². The first-order valence-electron chi connectivity index (χ1n) is 7.53. The highest BCUT2D eigenvalue weighted by Crippen LogP contribution is 2.33. The maximum Gasteiger partial charge on any atom is 0.270 e. The number of rotatable bonds is 4. The summed E-state index contributed by atoms with van der Waals surface area (Å²) in [6, 6.07) is 3.50. The number of aromatic amines is 1. The molecule has 4 heterocycles. The quantitative estimate of drug-likeness (QED) is 0.769. The van der Waals surface area contributed by atoms with Crippen molar-refractivity contribution >= 4 is 16.9 Å². The molecule has 0 radical (unpaired) electrons. The zero-order chi connectivity index (χ0) is 15.6. The fourth-order valence-corrected chi connectivity index (χ4v) is 3.01. The van der Waals surface area contributed by atoms with E-state index in [1.54, 1.807) is 30.8 Å². The van der Waals surface area contributed by atoms with Gasteiger partial charge in [0.05, 0.1) is 24.0 Å². The van der Waals surface area contributed by atoms with Crippen molar-refractivity contribution in [2.45, 2.75) is 12.5 Å². The first kappa shape index (κ1) is 14.0. The topological polar surface area (TPSA) is 93.0 Å². The lowest BCUT2D eigenvalue weighted by atomic mass is 9.97. The molecule has 0 spiro atoms. The number of amides is 1. The van der Waals surface area contributed by atoms with Crippen molar-refractivity contribution in [1.82, 2.24) is 20.5 Å². The Hall–Kier alpha value is -2.67. The molecule has 118 valence electrons. The van der Waals surface area contributed by atoms with Crippen LogP contribution in [0.1, 0.15) is 28.6 Å². The summed E-state index contributed by atoms with van der Waals surface area (Å²) in [5.74, 6) is 0.0231. The second-order valence-electron chi connectivity index (χ2n) is 5.57. The van der Waals surface area contributed by atoms with E-state index >= 15 is 0 Å². The smallest absolute Gasteiger partial charge is 0.270 e. The summed E-state index contributed by atoms with van der Waals surface area (Å²) < 4.78 is 11.1. The van der Waals surface area contributed by atoms with Gasteiger partial charge in [-0.05, 0) is 18.6 Å². The normalized spacial score (nSPS) is 20.9. The first-order chi connectivity index (χ1) is 11.3. The molecule has 3 aromatic rings. The largest absolute Gasteiger partial charge is 0.464 e. The van der Waals surface area contributed by atoms with Crippen molar-refractivity contribution in [2.24, 2.45) is 5.92 Å². The molecule has 1 aliphatic rings. The Bertz CT molecular complexity index is 812. The molecule has 1 fully saturated rings. The summed E-state index contributed by atoms with van der Waals surface area (Å²) in [6.45, 7) is 1.22. The fraction of sp³-hybridized carbons (Fsp3) is 0.312. The van der Waals surface area contributed by atoms with E-state index in [4.69, 9.17) is 9.15 Å². The molecule has 23 heavy (non-hydrogen) atoms. The number of fused-ring (bicyclic) bond motifs is 1. The monoisotopic (exact) mass is 312 g/mol. The molecule has 0 saturated carbocycles. The van der Waals surface area contributed by atoms with Gasteiger partial charge in [0.25, 0.3) is 5.91 Å². The Morgan fingerprint density at radius 3 is 3.26 bits per heavy atom. The number of carbonyl (C=O) groups is 1. The second kappa shape index (κ2) is 5.85. The van der Waals surface area contributed by atoms with Crippen LogP contribution in [0.3, 0.4) is 0 Å². The number of furan rings is 1. The van der Waals surface area contributed by atoms with Gasteiger partial charge in [-0.2, -0.15) is 5.10 Å². The van der Waals surface area contributed by atoms with Gasteiger partial charge in [-0.15, -0.1) is 0 Å². The molecular formula is C16H16N4O3. The van der Waals surface area contributed by atoms with E-state index in [2.05, 4.69) is 20.5 Å². The number of hydrogen-bond donors (Lipinski definition) is 2. The molecule has 0 aliphatic carbocycles. The van der Waals surface area contributed by atoms with Gasteiger partial charge in [0.2, 0.25) is 0 Å². The van der Waals surface area contributed by atoms with Gasteiger partial charge < -0.3 is 14.5 Å². The minimum Gasteiger partial charge on any atom is -0.464 e. The van der Waals surface area contributed by atoms with Crippen LogP contribution in [0.15, 0.2) is 41.4 Å². The van der Waals surface area contributed by atoms with Crippen LogP contribution in [0.5, 0.6) is 0 Å². The minimum absolute atomic E-state index is 0.0354. The zero-order valence-electron chi connectivity index (χ0n) is 12.4. The van der Waals surface area contributed by atoms with E-state index in [9.17, 15) is 4.79 Å². The summed E-state index contributed by atoms with van der Waals surface area (Å²) >= 11 is 0. The molecule has 7 heteroatoms. The maximum atomic E-state index is 12.4. The van der Waals surface area contributed by atoms with Crippen molar-refractivity contribution in [3.63, 3.8) is 0 Å². The van der Waals surface area contributed by atoms with Crippen molar-refractivity contribution in [2.75, 3.05) is 13.2 Å². The molecule has 2 atom stereocenters. The molecule has 2 N–H and O–H groups in total. The summed E-state index contributed by atoms with van der Waals surface area (Å²) in [5, 5.41) is 10.4. The SMILES string of the molecule is O=C(NC[C@@H]1CCO[C@H]1c1cn[nH]c1)c1nccc2occc12. The van der Waals surface area contributed by atoms with Crippen LogP contribution < -0.4 is 5.32 Å². The molecule has 1 aliphatic heterocycles. The minimum atomic E-state index is -0.199. The molecular weight excluding hydrogens is 296 g/mol. The van der Waals surface area contributed by atoms with Gasteiger partial charge in [-0.1, -0.05) is 0 Å². The van der Waals surface area contributed by atoms with Crippen LogP contribution in [0.2, 0.25) is 0 Å². The standard InChI is InChI=1S/C16H16N4O3/c21-16(14-12-3-6-22-13(12)1-4-17-14)18-7-10-2-5-23-15(10)11-8-19-20-9-11/h1,3-4,6,8-10,15H,2,5,7H2,(H,18,21)(H,19,20)/t10-,15+/m0/s1. The van der Waals surface area contributed by atoms with Crippen molar-refractivity contribution in [1.29, 1.82) is 0 Å². The highest BCUT2D eigenvalue weighted by molar-refractivity contribution is 6.03. The van der Waals surface area contributed by atoms with E-state index in [1.807, 2.05) is 6.20 Å². The molecule has 1 saturated heterocycles. The van der Waals surface area contributed by atoms with Gasteiger partial charge >= 0.3 is 0 Å². The maximum absolute atomic E-state index is 12.4. The third kappa shape index (κ3) is 2.59. The number of pyridine rings is 1. The molecule has 7 nitrogen and oxygen atoms in total. The third-order valence-electron chi connectivity index (χ3n) is 4.18. The van der Waals surface area contributed by atoms with Gasteiger partial charge in [0.15, 0.2) is 0 Å². The van der Waals surface area contributed by atoms with E-state index < -0.39 is 0 Å². The number of ether oxygens (including phenoxy) is 1. The van der Waals surface area contributed by atoms with Crippen LogP contribution >= 0.6 is 0 Å². The lowest BCUT2D eigenvalue weighted by Crippen LogP contribution is -2.31. The Morgan fingerprint density at radius 1 is 1.43 bits per heavy atom. The number of H-pyrrole nitrogens is 1. The van der Waals surface area contributed by atoms with Crippen molar-refractivity contribution in [3.8, 4) is 0 Å². The van der Waals surface area contributed by atoms with E-state index in [0.717, 1.165) is 17.4 Å². The number of nitrogens with one attached hydrogen (secondary N) is 2. The molecule has 0 bridgehead atoms. The van der Waals surface area contributed by atoms with Crippen LogP contribution in [0, 0.1) is 5.92 Å². The molecule has 4 rings (SSSR count). The first-order valence-corrected chi connectivity index (χ1v) is 7.53. The lowest BCUT2D eigenvalue weighted by molar-refractivity contribution is 0.0845. The predicted molar refractivity (Wildman–Crippen MR) is 81.7 cm³/mol. The number of carbonyl (C=O) groups excluding carboxylic acids is 1. The Labute approximate surface area is 132 Å². The lowest BCUT2D eigenvalue weighted by Gasteiger charge is -2.17. The summed E-state index contributed by atoms with van der Waals surface area (Å²) in [4.78, 5) is 16.6. The second-order valence-corrected chi connectivity index (χ2v) is 5.57. The van der Waals surface area contributed by atoms with Crippen LogP contribution in [0.25, 0.3) is 11.0 Å². The van der Waals surface area contributed by atoms with Gasteiger partial charge in [-0.3, -0.25) is 14.9 Å². The number of nitrogens with zero attached hydrogens (tertiary/aromatic N) is 2. The third-order valence-corrected chi connectivity index (χ3v) is 4.18. The average molecular weight is 312 g/mol. The molecule has 0 aromatic carbocycles. The summed E-state index contributed by atoms with van der Waals surface area (Å²) in [6.07, 6.45) is 7.60. The molecule has 3 aromatic heterocycles. The zero-order valence-corrected chi connectivity index (χ0v) is 12.4. The van der Waals surface area contributed by atoms with Crippen LogP contribution in [-0.2, 0) is 4.74 Å². The fourth-order valence-electron chi connectivity index (χ4n) is 3.01. The number of hydrogen-bond acceptors (Lipinski definition) is 5. The Kier molecular flexibility index (Phi) is 3.55. The Morgan fingerprint density at radius 2 is 2.39 bits per heavy atom. The van der Waals surface area contributed by atoms with Crippen molar-refractivity contribution < 1.29 is 13.9 Å². The molecule has 0 unspecified atom stereocenters. The van der Waals surface area contributed by atoms with Crippen molar-refractivity contribution in [3.05, 3.63) is 48.2 Å². The Balaban J connectivity index is 1.46. The summed E-state index contributed by atoms with van der Waals surface area (Å²) in [7, 11) is 0. The average Bonchev–Trinajstić information content (AvgIpc) is 3.31. The highest BCUT2D eigenvalue weighted by atomic mass is 16.5. The van der Waals surface area contributed by atoms with Crippen LogP contribution in [0.4, 0.5) is 0 Å². The van der Waals surface area contributed by atoms with Crippen LogP contribution in [-0.4, -0.2) is 34.2 Å². The van der Waals surface area contributed by atoms with E-state index in [-0.39, 0.29) is 17.9 Å². The predicted octanol–water partition coefficient (Wildman–Crippen LogP) is 2.06. The van der Waals surface area contributed by atoms with Gasteiger partial charge in [0, 0.05) is 37.0 Å². The molecule has 1 amide bonds. The highest BCUT2D eigenvalue weighted by Gasteiger charge is 2.30. The summed E-state index contributed by atoms with van der Waals surface area (Å²) in [5.41, 5.74) is 2.05. The number of aromatic nitrogens is 3. The van der Waals surface area contributed by atoms with Gasteiger partial charge in [0.1, 0.15) is 11.3 Å².